The average Bonchev–Trinajstić information content (AvgIpc) is 3.62. The molecule has 1 aliphatic rings. The zero-order valence-electron chi connectivity index (χ0n) is 17.9. The lowest BCUT2D eigenvalue weighted by atomic mass is 10.0. The van der Waals surface area contributed by atoms with Crippen molar-refractivity contribution in [1.82, 2.24) is 15.3 Å². The predicted molar refractivity (Wildman–Crippen MR) is 120 cm³/mol. The van der Waals surface area contributed by atoms with E-state index in [1.807, 2.05) is 36.4 Å². The van der Waals surface area contributed by atoms with Crippen LogP contribution in [0.5, 0.6) is 5.75 Å². The topological polar surface area (TPSA) is 112 Å². The first-order chi connectivity index (χ1) is 16.2. The number of anilines is 2. The normalized spacial score (nSPS) is 15.4. The molecule has 9 heteroatoms. The Morgan fingerprint density at radius 1 is 1.12 bits per heavy atom. The molecule has 4 aromatic rings. The van der Waals surface area contributed by atoms with Crippen molar-refractivity contribution in [3.63, 3.8) is 0 Å². The van der Waals surface area contributed by atoms with Gasteiger partial charge in [-0.3, -0.25) is 4.79 Å². The quantitative estimate of drug-likeness (QED) is 0.433. The maximum absolute atomic E-state index is 12.8. The molecular weight excluding hydrogens is 424 g/mol. The third kappa shape index (κ3) is 4.44. The largest absolute Gasteiger partial charge is 0.496 e. The van der Waals surface area contributed by atoms with Crippen molar-refractivity contribution in [2.75, 3.05) is 25.6 Å². The minimum atomic E-state index is -0.167. The number of hydrogen-bond donors (Lipinski definition) is 2. The first-order valence-corrected chi connectivity index (χ1v) is 10.5. The van der Waals surface area contributed by atoms with Gasteiger partial charge >= 0.3 is 0 Å². The van der Waals surface area contributed by atoms with Crippen LogP contribution in [0.2, 0.25) is 0 Å². The van der Waals surface area contributed by atoms with E-state index >= 15 is 0 Å². The van der Waals surface area contributed by atoms with E-state index in [1.165, 1.54) is 6.39 Å². The number of methoxy groups -OCH3 is 1. The van der Waals surface area contributed by atoms with Crippen LogP contribution in [0.1, 0.15) is 16.8 Å². The lowest BCUT2D eigenvalue weighted by Crippen LogP contribution is -2.35. The van der Waals surface area contributed by atoms with E-state index in [1.54, 1.807) is 25.6 Å². The molecule has 168 valence electrons. The third-order valence-electron chi connectivity index (χ3n) is 5.36. The van der Waals surface area contributed by atoms with Gasteiger partial charge in [0.15, 0.2) is 17.9 Å². The van der Waals surface area contributed by atoms with Crippen LogP contribution in [0.25, 0.3) is 22.6 Å². The molecule has 2 aromatic carbocycles. The molecule has 0 spiro atoms. The van der Waals surface area contributed by atoms with E-state index in [9.17, 15) is 4.79 Å². The Morgan fingerprint density at radius 2 is 2.03 bits per heavy atom. The zero-order valence-corrected chi connectivity index (χ0v) is 17.9. The Balaban J connectivity index is 1.35. The van der Waals surface area contributed by atoms with E-state index < -0.39 is 0 Å². The molecule has 1 atom stereocenters. The highest BCUT2D eigenvalue weighted by Crippen LogP contribution is 2.34. The summed E-state index contributed by atoms with van der Waals surface area (Å²) >= 11 is 0. The molecule has 0 aliphatic carbocycles. The predicted octanol–water partition coefficient (Wildman–Crippen LogP) is 4.27. The Bertz CT molecular complexity index is 1250. The molecular formula is C24H22N4O5. The summed E-state index contributed by atoms with van der Waals surface area (Å²) in [6, 6.07) is 13.1. The third-order valence-corrected chi connectivity index (χ3v) is 5.36. The second-order valence-corrected chi connectivity index (χ2v) is 7.51. The van der Waals surface area contributed by atoms with Crippen LogP contribution in [0.15, 0.2) is 70.1 Å². The summed E-state index contributed by atoms with van der Waals surface area (Å²) in [4.78, 5) is 21.1. The fourth-order valence-electron chi connectivity index (χ4n) is 3.71. The van der Waals surface area contributed by atoms with Crippen molar-refractivity contribution in [2.45, 2.75) is 12.5 Å². The minimum Gasteiger partial charge on any atom is -0.496 e. The second kappa shape index (κ2) is 9.17. The van der Waals surface area contributed by atoms with Gasteiger partial charge in [0.2, 0.25) is 0 Å². The second-order valence-electron chi connectivity index (χ2n) is 7.51. The first kappa shape index (κ1) is 20.8. The number of carbonyl (C=O) groups is 1. The van der Waals surface area contributed by atoms with E-state index in [2.05, 4.69) is 20.6 Å². The molecule has 0 unspecified atom stereocenters. The Morgan fingerprint density at radius 3 is 2.82 bits per heavy atom. The molecule has 5 rings (SSSR count). The van der Waals surface area contributed by atoms with Gasteiger partial charge in [0.1, 0.15) is 5.75 Å². The van der Waals surface area contributed by atoms with Crippen molar-refractivity contribution < 1.29 is 23.1 Å². The lowest BCUT2D eigenvalue weighted by molar-refractivity contribution is 0.0930. The minimum absolute atomic E-state index is 0.0208. The van der Waals surface area contributed by atoms with E-state index in [0.717, 1.165) is 17.7 Å². The number of hydrogen-bond acceptors (Lipinski definition) is 8. The SMILES string of the molecule is COc1cc(Nc2ncc(-c3ccccc3C(=O)N[C@H]3CCOC3)o2)ccc1-c1cnco1. The highest BCUT2D eigenvalue weighted by Gasteiger charge is 2.21. The van der Waals surface area contributed by atoms with Crippen LogP contribution < -0.4 is 15.4 Å². The number of benzene rings is 2. The van der Waals surface area contributed by atoms with Gasteiger partial charge in [-0.2, -0.15) is 0 Å². The van der Waals surface area contributed by atoms with Crippen LogP contribution >= 0.6 is 0 Å². The van der Waals surface area contributed by atoms with E-state index in [4.69, 9.17) is 18.3 Å². The standard InChI is InChI=1S/C24H22N4O5/c1-30-20-10-15(6-7-19(20)21-11-25-14-32-21)28-24-26-12-22(33-24)17-4-2-3-5-18(17)23(29)27-16-8-9-31-13-16/h2-7,10-12,14,16H,8-9,13H2,1H3,(H,26,28)(H,27,29)/t16-/m0/s1. The maximum atomic E-state index is 12.8. The summed E-state index contributed by atoms with van der Waals surface area (Å²) in [5.74, 6) is 1.54. The molecule has 1 saturated heterocycles. The number of carbonyl (C=O) groups excluding carboxylic acids is 1. The van der Waals surface area contributed by atoms with Gasteiger partial charge < -0.3 is 28.9 Å². The van der Waals surface area contributed by atoms with Crippen molar-refractivity contribution in [3.8, 4) is 28.4 Å². The Labute approximate surface area is 189 Å². The van der Waals surface area contributed by atoms with Crippen LogP contribution in [0.4, 0.5) is 11.7 Å². The Kier molecular flexibility index (Phi) is 5.77. The summed E-state index contributed by atoms with van der Waals surface area (Å²) in [5.41, 5.74) is 2.68. The molecule has 33 heavy (non-hydrogen) atoms. The Hall–Kier alpha value is -4.11. The van der Waals surface area contributed by atoms with Gasteiger partial charge in [0, 0.05) is 23.9 Å². The number of nitrogens with zero attached hydrogens (tertiary/aromatic N) is 2. The van der Waals surface area contributed by atoms with Gasteiger partial charge in [-0.1, -0.05) is 18.2 Å². The van der Waals surface area contributed by atoms with E-state index in [0.29, 0.717) is 47.6 Å². The van der Waals surface area contributed by atoms with Gasteiger partial charge in [0.05, 0.1) is 43.3 Å². The number of aromatic nitrogens is 2. The van der Waals surface area contributed by atoms with Crippen LogP contribution in [0.3, 0.4) is 0 Å². The molecule has 3 heterocycles. The number of amides is 1. The first-order valence-electron chi connectivity index (χ1n) is 10.5. The summed E-state index contributed by atoms with van der Waals surface area (Å²) in [5, 5.41) is 6.14. The highest BCUT2D eigenvalue weighted by atomic mass is 16.5. The summed E-state index contributed by atoms with van der Waals surface area (Å²) in [6.45, 7) is 1.19. The molecule has 0 bridgehead atoms. The molecule has 1 fully saturated rings. The van der Waals surface area contributed by atoms with E-state index in [-0.39, 0.29) is 11.9 Å². The number of ether oxygens (including phenoxy) is 2. The molecule has 0 saturated carbocycles. The fraction of sp³-hybridized carbons (Fsp3) is 0.208. The average molecular weight is 446 g/mol. The molecule has 0 radical (unpaired) electrons. The van der Waals surface area contributed by atoms with Crippen molar-refractivity contribution in [1.29, 1.82) is 0 Å². The molecule has 9 nitrogen and oxygen atoms in total. The van der Waals surface area contributed by atoms with Crippen molar-refractivity contribution in [2.24, 2.45) is 0 Å². The van der Waals surface area contributed by atoms with Crippen LogP contribution in [-0.4, -0.2) is 42.2 Å². The number of nitrogens with one attached hydrogen (secondary N) is 2. The maximum Gasteiger partial charge on any atom is 0.299 e. The smallest absolute Gasteiger partial charge is 0.299 e. The summed E-state index contributed by atoms with van der Waals surface area (Å²) < 4.78 is 22.1. The molecule has 2 aromatic heterocycles. The fourth-order valence-corrected chi connectivity index (χ4v) is 3.71. The molecule has 1 amide bonds. The van der Waals surface area contributed by atoms with Crippen molar-refractivity contribution >= 4 is 17.6 Å². The lowest BCUT2D eigenvalue weighted by Gasteiger charge is -2.12. The highest BCUT2D eigenvalue weighted by molar-refractivity contribution is 6.00. The number of rotatable bonds is 7. The summed E-state index contributed by atoms with van der Waals surface area (Å²) in [7, 11) is 1.59. The molecule has 1 aliphatic heterocycles. The van der Waals surface area contributed by atoms with Gasteiger partial charge in [-0.25, -0.2) is 9.97 Å². The number of oxazole rings is 2. The van der Waals surface area contributed by atoms with Crippen LogP contribution in [-0.2, 0) is 4.74 Å². The van der Waals surface area contributed by atoms with Gasteiger partial charge in [0.25, 0.3) is 11.9 Å². The zero-order chi connectivity index (χ0) is 22.6. The van der Waals surface area contributed by atoms with Gasteiger partial charge in [-0.05, 0) is 24.6 Å². The summed E-state index contributed by atoms with van der Waals surface area (Å²) in [6.07, 6.45) is 5.39. The molecule has 2 N–H and O–H groups in total. The van der Waals surface area contributed by atoms with Crippen molar-refractivity contribution in [3.05, 3.63) is 66.8 Å². The monoisotopic (exact) mass is 446 g/mol. The van der Waals surface area contributed by atoms with Gasteiger partial charge in [-0.15, -0.1) is 0 Å². The van der Waals surface area contributed by atoms with Crippen LogP contribution in [0, 0.1) is 0 Å².